The Labute approximate surface area is 368 Å². The van der Waals surface area contributed by atoms with Gasteiger partial charge in [-0.3, -0.25) is 0 Å². The first-order chi connectivity index (χ1) is 33.3. The van der Waals surface area contributed by atoms with Crippen molar-refractivity contribution < 1.29 is 11.0 Å². The van der Waals surface area contributed by atoms with E-state index in [2.05, 4.69) is 114 Å². The summed E-state index contributed by atoms with van der Waals surface area (Å²) in [4.78, 5) is 0. The average Bonchev–Trinajstić information content (AvgIpc) is 3.90. The van der Waals surface area contributed by atoms with Gasteiger partial charge in [0.1, 0.15) is 0 Å². The SMILES string of the molecule is [2H]C1([2H])c2ccc(cc2)C([2H])([2H])C([2H])([2H])c2ccc(c3c4cc(-n5c6ccccc6c6ccccc65)ccc4n(-c4cccc([Si](c5ccccc5)(c5ccccc5)c5ccccc5)c4)c23)C1([2H])[2H]. The van der Waals surface area contributed by atoms with Crippen molar-refractivity contribution in [2.45, 2.75) is 25.5 Å². The summed E-state index contributed by atoms with van der Waals surface area (Å²) in [6.07, 6.45) is -10.6. The van der Waals surface area contributed by atoms with Crippen LogP contribution in [0.4, 0.5) is 0 Å². The molecule has 0 atom stereocenters. The quantitative estimate of drug-likeness (QED) is 0.117. The molecule has 0 aliphatic heterocycles. The molecular formula is C58H44N2Si. The third kappa shape index (κ3) is 5.69. The number of aromatic nitrogens is 2. The zero-order chi connectivity index (χ0) is 47.5. The number of aryl methyl sites for hydroxylation is 4. The summed E-state index contributed by atoms with van der Waals surface area (Å²) in [5, 5.41) is 7.58. The van der Waals surface area contributed by atoms with Crippen LogP contribution in [0.2, 0.25) is 0 Å². The number of hydrogen-bond donors (Lipinski definition) is 0. The first kappa shape index (κ1) is 28.3. The molecule has 4 aliphatic rings. The summed E-state index contributed by atoms with van der Waals surface area (Å²) < 4.78 is 82.3. The fourth-order valence-corrected chi connectivity index (χ4v) is 14.6. The van der Waals surface area contributed by atoms with Crippen molar-refractivity contribution in [3.63, 3.8) is 0 Å². The predicted octanol–water partition coefficient (Wildman–Crippen LogP) is 11.1. The fraction of sp³-hybridized carbons (Fsp3) is 0.0690. The molecule has 0 saturated carbocycles. The van der Waals surface area contributed by atoms with Gasteiger partial charge in [-0.25, -0.2) is 0 Å². The van der Waals surface area contributed by atoms with E-state index in [-0.39, 0.29) is 27.8 Å². The first-order valence-corrected chi connectivity index (χ1v) is 22.8. The lowest BCUT2D eigenvalue weighted by molar-refractivity contribution is 0.929. The van der Waals surface area contributed by atoms with Crippen LogP contribution in [0.15, 0.2) is 218 Å². The van der Waals surface area contributed by atoms with Crippen molar-refractivity contribution >= 4 is 72.4 Å². The third-order valence-corrected chi connectivity index (χ3v) is 17.2. The van der Waals surface area contributed by atoms with Gasteiger partial charge in [0.05, 0.1) is 22.1 Å². The maximum absolute atomic E-state index is 9.97. The van der Waals surface area contributed by atoms with Crippen LogP contribution in [-0.4, -0.2) is 17.2 Å². The van der Waals surface area contributed by atoms with Gasteiger partial charge in [-0.1, -0.05) is 176 Å². The summed E-state index contributed by atoms with van der Waals surface area (Å²) in [6.45, 7) is 0. The Morgan fingerprint density at radius 3 is 1.41 bits per heavy atom. The van der Waals surface area contributed by atoms with E-state index in [1.54, 1.807) is 0 Å². The van der Waals surface area contributed by atoms with Gasteiger partial charge in [0.25, 0.3) is 0 Å². The molecule has 290 valence electrons. The zero-order valence-electron chi connectivity index (χ0n) is 41.2. The molecule has 2 nitrogen and oxygen atoms in total. The second-order valence-corrected chi connectivity index (χ2v) is 19.6. The number of benzene rings is 9. The lowest BCUT2D eigenvalue weighted by atomic mass is 9.93. The molecule has 2 aromatic heterocycles. The van der Waals surface area contributed by atoms with E-state index in [1.165, 1.54) is 52.0 Å². The molecule has 3 heteroatoms. The Bertz CT molecular complexity index is 3640. The van der Waals surface area contributed by atoms with Crippen molar-refractivity contribution in [1.29, 1.82) is 0 Å². The van der Waals surface area contributed by atoms with Gasteiger partial charge in [-0.2, -0.15) is 0 Å². The van der Waals surface area contributed by atoms with E-state index in [1.807, 2.05) is 77.4 Å². The number of para-hydroxylation sites is 2. The molecule has 4 aliphatic carbocycles. The normalized spacial score (nSPS) is 18.2. The number of rotatable bonds is 6. The Morgan fingerprint density at radius 1 is 0.344 bits per heavy atom. The van der Waals surface area contributed by atoms with E-state index >= 15 is 0 Å². The van der Waals surface area contributed by atoms with Crippen LogP contribution in [0, 0.1) is 0 Å². The second kappa shape index (κ2) is 14.5. The molecule has 0 amide bonds. The largest absolute Gasteiger partial charge is 0.309 e. The molecule has 2 heterocycles. The lowest BCUT2D eigenvalue weighted by Gasteiger charge is -2.34. The van der Waals surface area contributed by atoms with Crippen molar-refractivity contribution in [1.82, 2.24) is 9.13 Å². The first-order valence-electron chi connectivity index (χ1n) is 24.8. The van der Waals surface area contributed by atoms with Gasteiger partial charge in [-0.05, 0) is 111 Å². The van der Waals surface area contributed by atoms with Gasteiger partial charge >= 0.3 is 0 Å². The van der Waals surface area contributed by atoms with Crippen LogP contribution in [0.5, 0.6) is 0 Å². The number of hydrogen-bond acceptors (Lipinski definition) is 0. The van der Waals surface area contributed by atoms with Crippen LogP contribution in [-0.2, 0) is 25.5 Å². The minimum Gasteiger partial charge on any atom is -0.309 e. The van der Waals surface area contributed by atoms with Gasteiger partial charge < -0.3 is 9.13 Å². The minimum absolute atomic E-state index is 0.0185. The molecule has 0 saturated heterocycles. The molecule has 0 spiro atoms. The van der Waals surface area contributed by atoms with Crippen molar-refractivity contribution in [3.05, 3.63) is 241 Å². The standard InChI is InChI=1S/C58H44N2Si/c1-4-16-47(17-5-1)61(48-18-6-2-7-19-48,49-20-8-3-9-21-49)50-22-14-15-45(39-50)60-56-38-37-46(59-54-25-12-10-23-51(54)52-24-11-13-26-55(52)59)40-53(56)57-43-33-31-41-27-29-42(30-28-41)32-34-44(36-35-43)58(57)60/h1-30,35-40H,31-34H2/i31D2,32D2,33D2,34D2. The molecule has 61 heavy (non-hydrogen) atoms. The highest BCUT2D eigenvalue weighted by molar-refractivity contribution is 7.19. The van der Waals surface area contributed by atoms with Crippen molar-refractivity contribution in [2.24, 2.45) is 0 Å². The van der Waals surface area contributed by atoms with E-state index in [4.69, 9.17) is 0 Å². The average molecular weight is 805 g/mol. The number of nitrogens with zero attached hydrogens (tertiary/aromatic N) is 2. The summed E-state index contributed by atoms with van der Waals surface area (Å²) >= 11 is 0. The molecule has 0 radical (unpaired) electrons. The van der Waals surface area contributed by atoms with Gasteiger partial charge in [0, 0.05) is 43.9 Å². The Balaban J connectivity index is 1.25. The highest BCUT2D eigenvalue weighted by Crippen LogP contribution is 2.40. The van der Waals surface area contributed by atoms with Crippen LogP contribution in [0.25, 0.3) is 55.0 Å². The summed E-state index contributed by atoms with van der Waals surface area (Å²) in [5.41, 5.74) is 4.41. The predicted molar refractivity (Wildman–Crippen MR) is 260 cm³/mol. The molecule has 15 rings (SSSR count). The Kier molecular flexibility index (Phi) is 6.73. The van der Waals surface area contributed by atoms with Crippen molar-refractivity contribution in [2.75, 3.05) is 0 Å². The van der Waals surface area contributed by atoms with E-state index < -0.39 is 33.6 Å². The Hall–Kier alpha value is -7.20. The molecule has 4 bridgehead atoms. The highest BCUT2D eigenvalue weighted by atomic mass is 28.3. The highest BCUT2D eigenvalue weighted by Gasteiger charge is 2.41. The molecule has 0 N–H and O–H groups in total. The maximum Gasteiger partial charge on any atom is 0.179 e. The summed E-state index contributed by atoms with van der Waals surface area (Å²) in [6, 6.07) is 71.1. The van der Waals surface area contributed by atoms with Crippen LogP contribution < -0.4 is 20.7 Å². The van der Waals surface area contributed by atoms with Crippen LogP contribution >= 0.6 is 0 Å². The van der Waals surface area contributed by atoms with Crippen LogP contribution in [0.1, 0.15) is 33.2 Å². The number of fused-ring (bicyclic) bond motifs is 4. The van der Waals surface area contributed by atoms with E-state index in [9.17, 15) is 11.0 Å². The van der Waals surface area contributed by atoms with Gasteiger partial charge in [0.15, 0.2) is 8.07 Å². The van der Waals surface area contributed by atoms with Crippen LogP contribution in [0.3, 0.4) is 0 Å². The monoisotopic (exact) mass is 804 g/mol. The van der Waals surface area contributed by atoms with E-state index in [0.29, 0.717) is 22.0 Å². The third-order valence-electron chi connectivity index (χ3n) is 12.5. The van der Waals surface area contributed by atoms with Gasteiger partial charge in [0.2, 0.25) is 0 Å². The van der Waals surface area contributed by atoms with Crippen molar-refractivity contribution in [3.8, 4) is 11.4 Å². The molecule has 0 unspecified atom stereocenters. The molecule has 9 aromatic carbocycles. The van der Waals surface area contributed by atoms with E-state index in [0.717, 1.165) is 32.7 Å². The Morgan fingerprint density at radius 2 is 0.820 bits per heavy atom. The zero-order valence-corrected chi connectivity index (χ0v) is 34.2. The molecule has 0 fully saturated rings. The second-order valence-electron chi connectivity index (χ2n) is 15.8. The maximum atomic E-state index is 9.97. The van der Waals surface area contributed by atoms with Gasteiger partial charge in [-0.15, -0.1) is 0 Å². The summed E-state index contributed by atoms with van der Waals surface area (Å²) in [5.74, 6) is 0. The fourth-order valence-electron chi connectivity index (χ4n) is 9.81. The minimum atomic E-state index is -3.12. The molecular weight excluding hydrogens is 753 g/mol. The smallest absolute Gasteiger partial charge is 0.179 e. The topological polar surface area (TPSA) is 9.86 Å². The lowest BCUT2D eigenvalue weighted by Crippen LogP contribution is -2.74. The molecule has 11 aromatic rings. The summed E-state index contributed by atoms with van der Waals surface area (Å²) in [7, 11) is -3.12.